The van der Waals surface area contributed by atoms with E-state index in [1.165, 1.54) is 5.57 Å². The lowest BCUT2D eigenvalue weighted by atomic mass is 9.46. The van der Waals surface area contributed by atoms with E-state index in [-0.39, 0.29) is 17.6 Å². The second-order valence-electron chi connectivity index (χ2n) is 9.06. The standard InChI is InChI=1S/C21H34O4/c1-14-6-9-17-20(2,10-5-11-21(17,3)19(22)23)16(14)8-7-15-12-18(24-4)25-13-15/h15-18H,1,5-13H2,2-4H3,(H,22,23)/t15-,16+,17+,18?,20-,21-/m0/s1. The third-order valence-electron chi connectivity index (χ3n) is 7.68. The second kappa shape index (κ2) is 7.03. The molecule has 0 spiro atoms. The Hall–Kier alpha value is -0.870. The van der Waals surface area contributed by atoms with Crippen LogP contribution >= 0.6 is 0 Å². The molecule has 0 bridgehead atoms. The summed E-state index contributed by atoms with van der Waals surface area (Å²) < 4.78 is 11.0. The van der Waals surface area contributed by atoms with Crippen molar-refractivity contribution in [1.29, 1.82) is 0 Å². The Morgan fingerprint density at radius 3 is 2.76 bits per heavy atom. The second-order valence-corrected chi connectivity index (χ2v) is 9.06. The van der Waals surface area contributed by atoms with Crippen molar-refractivity contribution in [1.82, 2.24) is 0 Å². The fraction of sp³-hybridized carbons (Fsp3) is 0.857. The Labute approximate surface area is 152 Å². The molecular weight excluding hydrogens is 316 g/mol. The van der Waals surface area contributed by atoms with Gasteiger partial charge >= 0.3 is 5.97 Å². The number of ether oxygens (including phenoxy) is 2. The van der Waals surface area contributed by atoms with Gasteiger partial charge in [0, 0.05) is 13.5 Å². The summed E-state index contributed by atoms with van der Waals surface area (Å²) in [6.45, 7) is 9.51. The SMILES string of the molecule is C=C1CC[C@@H]2[C@@](C)(CCC[C@]2(C)C(=O)O)[C@@H]1CC[C@@H]1COC(OC)C1. The molecular formula is C21H34O4. The van der Waals surface area contributed by atoms with Crippen LogP contribution in [0.3, 0.4) is 0 Å². The maximum atomic E-state index is 12.0. The van der Waals surface area contributed by atoms with Gasteiger partial charge in [-0.25, -0.2) is 0 Å². The molecule has 0 radical (unpaired) electrons. The monoisotopic (exact) mass is 350 g/mol. The van der Waals surface area contributed by atoms with Crippen molar-refractivity contribution in [3.05, 3.63) is 12.2 Å². The van der Waals surface area contributed by atoms with Crippen molar-refractivity contribution < 1.29 is 19.4 Å². The molecule has 4 heteroatoms. The van der Waals surface area contributed by atoms with Crippen molar-refractivity contribution in [2.45, 2.75) is 71.5 Å². The molecule has 1 heterocycles. The Morgan fingerprint density at radius 1 is 1.36 bits per heavy atom. The van der Waals surface area contributed by atoms with Crippen LogP contribution in [0.1, 0.15) is 65.2 Å². The third-order valence-corrected chi connectivity index (χ3v) is 7.68. The van der Waals surface area contributed by atoms with Crippen LogP contribution in [0.5, 0.6) is 0 Å². The summed E-state index contributed by atoms with van der Waals surface area (Å²) in [4.78, 5) is 12.0. The fourth-order valence-electron chi connectivity index (χ4n) is 6.16. The molecule has 1 unspecified atom stereocenters. The highest BCUT2D eigenvalue weighted by atomic mass is 16.7. The van der Waals surface area contributed by atoms with E-state index in [0.717, 1.165) is 58.0 Å². The van der Waals surface area contributed by atoms with Crippen LogP contribution in [0.2, 0.25) is 0 Å². The van der Waals surface area contributed by atoms with Gasteiger partial charge in [0.1, 0.15) is 0 Å². The summed E-state index contributed by atoms with van der Waals surface area (Å²) in [5.41, 5.74) is 0.834. The number of hydrogen-bond acceptors (Lipinski definition) is 3. The van der Waals surface area contributed by atoms with Crippen molar-refractivity contribution in [3.63, 3.8) is 0 Å². The molecule has 25 heavy (non-hydrogen) atoms. The minimum Gasteiger partial charge on any atom is -0.481 e. The molecule has 0 aromatic heterocycles. The number of rotatable bonds is 5. The van der Waals surface area contributed by atoms with Gasteiger partial charge in [-0.3, -0.25) is 4.79 Å². The lowest BCUT2D eigenvalue weighted by Crippen LogP contribution is -2.53. The van der Waals surface area contributed by atoms with E-state index >= 15 is 0 Å². The highest BCUT2D eigenvalue weighted by Gasteiger charge is 2.57. The molecule has 142 valence electrons. The van der Waals surface area contributed by atoms with E-state index < -0.39 is 11.4 Å². The summed E-state index contributed by atoms with van der Waals surface area (Å²) in [7, 11) is 1.70. The molecule has 6 atom stereocenters. The highest BCUT2D eigenvalue weighted by Crippen LogP contribution is 2.62. The lowest BCUT2D eigenvalue weighted by Gasteiger charge is -2.57. The number of carboxylic acid groups (broad SMARTS) is 1. The number of fused-ring (bicyclic) bond motifs is 1. The predicted molar refractivity (Wildman–Crippen MR) is 97.1 cm³/mol. The fourth-order valence-corrected chi connectivity index (χ4v) is 6.16. The van der Waals surface area contributed by atoms with Gasteiger partial charge in [0.15, 0.2) is 6.29 Å². The van der Waals surface area contributed by atoms with Crippen LogP contribution in [-0.4, -0.2) is 31.1 Å². The summed E-state index contributed by atoms with van der Waals surface area (Å²) in [6, 6.07) is 0. The van der Waals surface area contributed by atoms with Crippen LogP contribution in [0, 0.1) is 28.6 Å². The Morgan fingerprint density at radius 2 is 2.12 bits per heavy atom. The van der Waals surface area contributed by atoms with E-state index in [1.54, 1.807) is 7.11 Å². The minimum absolute atomic E-state index is 0.0483. The van der Waals surface area contributed by atoms with Gasteiger partial charge in [-0.15, -0.1) is 0 Å². The van der Waals surface area contributed by atoms with E-state index in [2.05, 4.69) is 13.5 Å². The number of hydrogen-bond donors (Lipinski definition) is 1. The smallest absolute Gasteiger partial charge is 0.309 e. The predicted octanol–water partition coefficient (Wildman–Crippen LogP) is 4.64. The zero-order valence-electron chi connectivity index (χ0n) is 16.1. The van der Waals surface area contributed by atoms with Crippen molar-refractivity contribution in [2.24, 2.45) is 28.6 Å². The van der Waals surface area contributed by atoms with Crippen LogP contribution in [0.4, 0.5) is 0 Å². The van der Waals surface area contributed by atoms with Gasteiger partial charge in [0.05, 0.1) is 12.0 Å². The van der Waals surface area contributed by atoms with Gasteiger partial charge in [-0.2, -0.15) is 0 Å². The molecule has 1 saturated heterocycles. The first-order valence-electron chi connectivity index (χ1n) is 9.86. The molecule has 1 N–H and O–H groups in total. The normalized spacial score (nSPS) is 44.5. The Balaban J connectivity index is 1.74. The van der Waals surface area contributed by atoms with Gasteiger partial charge in [-0.1, -0.05) is 25.5 Å². The number of aliphatic carboxylic acids is 1. The van der Waals surface area contributed by atoms with Gasteiger partial charge in [0.2, 0.25) is 0 Å². The van der Waals surface area contributed by atoms with Crippen LogP contribution in [0.15, 0.2) is 12.2 Å². The van der Waals surface area contributed by atoms with Crippen LogP contribution in [-0.2, 0) is 14.3 Å². The Kier molecular flexibility index (Phi) is 5.32. The molecule has 2 aliphatic carbocycles. The van der Waals surface area contributed by atoms with Crippen LogP contribution in [0.25, 0.3) is 0 Å². The van der Waals surface area contributed by atoms with Gasteiger partial charge in [-0.05, 0) is 68.6 Å². The molecule has 1 aliphatic heterocycles. The zero-order chi connectivity index (χ0) is 18.2. The van der Waals surface area contributed by atoms with E-state index in [0.29, 0.717) is 11.8 Å². The maximum Gasteiger partial charge on any atom is 0.309 e. The lowest BCUT2D eigenvalue weighted by molar-refractivity contribution is -0.164. The summed E-state index contributed by atoms with van der Waals surface area (Å²) >= 11 is 0. The third kappa shape index (κ3) is 3.28. The van der Waals surface area contributed by atoms with Gasteiger partial charge in [0.25, 0.3) is 0 Å². The molecule has 3 rings (SSSR count). The largest absolute Gasteiger partial charge is 0.481 e. The van der Waals surface area contributed by atoms with Crippen molar-refractivity contribution in [3.8, 4) is 0 Å². The topological polar surface area (TPSA) is 55.8 Å². The molecule has 3 aliphatic rings. The molecule has 3 fully saturated rings. The quantitative estimate of drug-likeness (QED) is 0.734. The first-order valence-corrected chi connectivity index (χ1v) is 9.86. The molecule has 0 aromatic carbocycles. The maximum absolute atomic E-state index is 12.0. The summed E-state index contributed by atoms with van der Waals surface area (Å²) in [5.74, 6) is 0.637. The zero-order valence-corrected chi connectivity index (χ0v) is 16.1. The number of allylic oxidation sites excluding steroid dienone is 1. The number of carbonyl (C=O) groups is 1. The minimum atomic E-state index is -0.609. The molecule has 0 amide bonds. The Bertz CT molecular complexity index is 530. The summed E-state index contributed by atoms with van der Waals surface area (Å²) in [6.07, 6.45) is 8.07. The van der Waals surface area contributed by atoms with E-state index in [9.17, 15) is 9.90 Å². The summed E-state index contributed by atoms with van der Waals surface area (Å²) in [5, 5.41) is 9.91. The van der Waals surface area contributed by atoms with Crippen LogP contribution < -0.4 is 0 Å². The average Bonchev–Trinajstić information content (AvgIpc) is 3.02. The number of methoxy groups -OCH3 is 1. The van der Waals surface area contributed by atoms with Crippen molar-refractivity contribution >= 4 is 5.97 Å². The average molecular weight is 350 g/mol. The molecule has 0 aromatic rings. The molecule has 2 saturated carbocycles. The number of carboxylic acids is 1. The van der Waals surface area contributed by atoms with Gasteiger partial charge < -0.3 is 14.6 Å². The first-order chi connectivity index (χ1) is 11.8. The van der Waals surface area contributed by atoms with E-state index in [4.69, 9.17) is 9.47 Å². The highest BCUT2D eigenvalue weighted by molar-refractivity contribution is 5.75. The molecule has 4 nitrogen and oxygen atoms in total. The first kappa shape index (κ1) is 18.9. The van der Waals surface area contributed by atoms with Crippen molar-refractivity contribution in [2.75, 3.05) is 13.7 Å². The van der Waals surface area contributed by atoms with E-state index in [1.807, 2.05) is 6.92 Å².